The summed E-state index contributed by atoms with van der Waals surface area (Å²) in [5, 5.41) is 10.3. The molecule has 0 saturated carbocycles. The zero-order chi connectivity index (χ0) is 9.14. The van der Waals surface area contributed by atoms with Gasteiger partial charge in [0.05, 0.1) is 27.8 Å². The summed E-state index contributed by atoms with van der Waals surface area (Å²) in [6.45, 7) is 0. The first-order valence-corrected chi connectivity index (χ1v) is 4.28. The van der Waals surface area contributed by atoms with E-state index in [0.29, 0.717) is 5.69 Å². The molecule has 0 aliphatic rings. The minimum atomic E-state index is -0.573. The molecular weight excluding hydrogens is 296 g/mol. The second-order valence-electron chi connectivity index (χ2n) is 1.85. The van der Waals surface area contributed by atoms with Crippen molar-refractivity contribution in [1.82, 2.24) is 4.98 Å². The van der Waals surface area contributed by atoms with Gasteiger partial charge in [0, 0.05) is 6.20 Å². The van der Waals surface area contributed by atoms with Crippen molar-refractivity contribution in [1.29, 1.82) is 0 Å². The van der Waals surface area contributed by atoms with Gasteiger partial charge in [0.25, 0.3) is 0 Å². The Morgan fingerprint density at radius 2 is 2.42 bits per heavy atom. The first kappa shape index (κ1) is 9.46. The van der Waals surface area contributed by atoms with Crippen molar-refractivity contribution in [3.8, 4) is 0 Å². The molecule has 0 radical (unpaired) electrons. The van der Waals surface area contributed by atoms with Crippen LogP contribution in [0.3, 0.4) is 0 Å². The lowest BCUT2D eigenvalue weighted by Gasteiger charge is -1.99. The number of nitrogens with one attached hydrogen (secondary N) is 1. The third kappa shape index (κ3) is 1.75. The van der Waals surface area contributed by atoms with Gasteiger partial charge in [0.15, 0.2) is 0 Å². The van der Waals surface area contributed by atoms with Crippen LogP contribution in [-0.2, 0) is 0 Å². The maximum Gasteiger partial charge on any atom is 0.329 e. The molecule has 0 amide bonds. The third-order valence-corrected chi connectivity index (χ3v) is 2.02. The maximum absolute atomic E-state index is 10.4. The van der Waals surface area contributed by atoms with Gasteiger partial charge in [-0.25, -0.2) is 4.98 Å². The van der Waals surface area contributed by atoms with Gasteiger partial charge < -0.3 is 3.53 Å². The highest BCUT2D eigenvalue weighted by Gasteiger charge is 2.18. The van der Waals surface area contributed by atoms with E-state index in [1.807, 2.05) is 0 Å². The van der Waals surface area contributed by atoms with E-state index in [0.717, 1.165) is 0 Å². The van der Waals surface area contributed by atoms with Crippen LogP contribution in [0.25, 0.3) is 0 Å². The molecule has 0 aliphatic heterocycles. The number of aromatic nitrogens is 1. The van der Waals surface area contributed by atoms with Crippen LogP contribution in [0, 0.1) is 10.1 Å². The molecule has 0 unspecified atom stereocenters. The minimum absolute atomic E-state index is 0.110. The van der Waals surface area contributed by atoms with Gasteiger partial charge in [-0.05, 0) is 6.07 Å². The van der Waals surface area contributed by atoms with Crippen LogP contribution >= 0.6 is 34.5 Å². The highest BCUT2D eigenvalue weighted by atomic mass is 127. The number of nitro groups is 1. The first-order chi connectivity index (χ1) is 5.66. The van der Waals surface area contributed by atoms with Crippen molar-refractivity contribution < 1.29 is 4.92 Å². The number of halogens is 2. The normalized spacial score (nSPS) is 9.50. The summed E-state index contributed by atoms with van der Waals surface area (Å²) in [7, 11) is 0. The van der Waals surface area contributed by atoms with Crippen molar-refractivity contribution in [2.45, 2.75) is 0 Å². The zero-order valence-corrected chi connectivity index (χ0v) is 8.53. The Kier molecular flexibility index (Phi) is 3.04. The first-order valence-electron chi connectivity index (χ1n) is 2.82. The Morgan fingerprint density at radius 3 is 2.83 bits per heavy atom. The average molecular weight is 299 g/mol. The summed E-state index contributed by atoms with van der Waals surface area (Å²) in [6.07, 6.45) is 1.40. The van der Waals surface area contributed by atoms with Gasteiger partial charge >= 0.3 is 5.69 Å². The summed E-state index contributed by atoms with van der Waals surface area (Å²) in [5.74, 6) is 0. The molecule has 1 aromatic rings. The molecule has 1 heterocycles. The lowest BCUT2D eigenvalue weighted by atomic mass is 10.4. The van der Waals surface area contributed by atoms with Crippen molar-refractivity contribution in [2.75, 3.05) is 3.53 Å². The highest BCUT2D eigenvalue weighted by Crippen LogP contribution is 2.30. The summed E-state index contributed by atoms with van der Waals surface area (Å²) in [5.41, 5.74) is 0.147. The molecule has 7 heteroatoms. The number of pyridine rings is 1. The van der Waals surface area contributed by atoms with Crippen LogP contribution in [0.15, 0.2) is 12.3 Å². The summed E-state index contributed by atoms with van der Waals surface area (Å²) in [6, 6.07) is 1.48. The Balaban J connectivity index is 3.29. The molecule has 1 rings (SSSR count). The molecule has 5 nitrogen and oxygen atoms in total. The van der Waals surface area contributed by atoms with Crippen LogP contribution in [0.5, 0.6) is 0 Å². The van der Waals surface area contributed by atoms with Gasteiger partial charge in [0.1, 0.15) is 5.69 Å². The van der Waals surface area contributed by atoms with Crippen LogP contribution in [0.2, 0.25) is 5.15 Å². The number of anilines is 1. The van der Waals surface area contributed by atoms with Crippen molar-refractivity contribution >= 4 is 45.8 Å². The van der Waals surface area contributed by atoms with Crippen molar-refractivity contribution in [2.24, 2.45) is 0 Å². The van der Waals surface area contributed by atoms with Crippen LogP contribution < -0.4 is 3.53 Å². The van der Waals surface area contributed by atoms with Gasteiger partial charge in [-0.2, -0.15) is 0 Å². The van der Waals surface area contributed by atoms with E-state index >= 15 is 0 Å². The quantitative estimate of drug-likeness (QED) is 0.299. The van der Waals surface area contributed by atoms with E-state index in [-0.39, 0.29) is 10.8 Å². The highest BCUT2D eigenvalue weighted by molar-refractivity contribution is 14.1. The van der Waals surface area contributed by atoms with Crippen LogP contribution in [-0.4, -0.2) is 9.91 Å². The molecule has 0 aliphatic carbocycles. The van der Waals surface area contributed by atoms with Gasteiger partial charge in [0.2, 0.25) is 5.15 Å². The van der Waals surface area contributed by atoms with E-state index in [1.165, 1.54) is 12.3 Å². The summed E-state index contributed by atoms with van der Waals surface area (Å²) >= 11 is 7.30. The van der Waals surface area contributed by atoms with Crippen LogP contribution in [0.1, 0.15) is 0 Å². The molecule has 1 aromatic heterocycles. The Morgan fingerprint density at radius 1 is 1.75 bits per heavy atom. The summed E-state index contributed by atoms with van der Waals surface area (Å²) < 4.78 is 2.62. The molecular formula is C5H3ClIN3O2. The Labute approximate surface area is 86.8 Å². The fourth-order valence-electron chi connectivity index (χ4n) is 0.678. The second kappa shape index (κ2) is 3.85. The molecule has 0 aromatic carbocycles. The monoisotopic (exact) mass is 299 g/mol. The second-order valence-corrected chi connectivity index (χ2v) is 2.75. The lowest BCUT2D eigenvalue weighted by Crippen LogP contribution is -1.95. The molecule has 12 heavy (non-hydrogen) atoms. The molecule has 0 spiro atoms. The van der Waals surface area contributed by atoms with E-state index in [1.54, 1.807) is 22.9 Å². The van der Waals surface area contributed by atoms with E-state index in [2.05, 4.69) is 8.51 Å². The number of nitrogens with zero attached hydrogens (tertiary/aromatic N) is 2. The van der Waals surface area contributed by atoms with E-state index in [9.17, 15) is 10.1 Å². The molecule has 64 valence electrons. The molecule has 0 fully saturated rings. The largest absolute Gasteiger partial charge is 0.329 e. The van der Waals surface area contributed by atoms with Crippen molar-refractivity contribution in [3.63, 3.8) is 0 Å². The molecule has 0 bridgehead atoms. The fraction of sp³-hybridized carbons (Fsp3) is 0. The molecule has 1 N–H and O–H groups in total. The smallest absolute Gasteiger partial charge is 0.323 e. The topological polar surface area (TPSA) is 68.1 Å². The van der Waals surface area contributed by atoms with Gasteiger partial charge in [-0.15, -0.1) is 0 Å². The van der Waals surface area contributed by atoms with E-state index in [4.69, 9.17) is 11.6 Å². The number of hydrogen-bond donors (Lipinski definition) is 1. The zero-order valence-electron chi connectivity index (χ0n) is 5.62. The number of rotatable bonds is 2. The fourth-order valence-corrected chi connectivity index (χ4v) is 1.34. The predicted molar refractivity (Wildman–Crippen MR) is 53.5 cm³/mol. The standard InChI is InChI=1S/C5H3ClIN3O2/c6-5-4(10(11)12)3(9-7)1-2-8-5/h1-2H,(H,8,9). The maximum atomic E-state index is 10.4. The lowest BCUT2D eigenvalue weighted by molar-refractivity contribution is -0.384. The molecule has 0 atom stereocenters. The number of hydrogen-bond acceptors (Lipinski definition) is 4. The van der Waals surface area contributed by atoms with E-state index < -0.39 is 4.92 Å². The van der Waals surface area contributed by atoms with Gasteiger partial charge in [-0.3, -0.25) is 10.1 Å². The third-order valence-electron chi connectivity index (χ3n) is 1.16. The van der Waals surface area contributed by atoms with Crippen molar-refractivity contribution in [3.05, 3.63) is 27.5 Å². The average Bonchev–Trinajstić information content (AvgIpc) is 2.03. The van der Waals surface area contributed by atoms with Crippen LogP contribution in [0.4, 0.5) is 11.4 Å². The predicted octanol–water partition coefficient (Wildman–Crippen LogP) is 2.41. The Bertz CT molecular complexity index is 320. The van der Waals surface area contributed by atoms with Gasteiger partial charge in [-0.1, -0.05) is 11.6 Å². The summed E-state index contributed by atoms with van der Waals surface area (Å²) in [4.78, 5) is 13.5. The Hall–Kier alpha value is -0.630. The molecule has 0 saturated heterocycles. The minimum Gasteiger partial charge on any atom is -0.323 e. The SMILES string of the molecule is O=[N+]([O-])c1c(NI)ccnc1Cl.